The highest BCUT2D eigenvalue weighted by atomic mass is 16.7. The van der Waals surface area contributed by atoms with Crippen LogP contribution in [0, 0.1) is 0 Å². The second kappa shape index (κ2) is 35.0. The number of fused-ring (bicyclic) bond motifs is 8. The number of aliphatic hydroxyl groups is 12. The number of hydrogen-bond acceptors (Lipinski definition) is 26. The first-order valence-corrected chi connectivity index (χ1v) is 33.6. The van der Waals surface area contributed by atoms with E-state index in [4.69, 9.17) is 66.8 Å². The number of benzene rings is 4. The summed E-state index contributed by atoms with van der Waals surface area (Å²) in [5, 5.41) is 120. The molecule has 0 radical (unpaired) electrons. The van der Waals surface area contributed by atoms with E-state index in [0.717, 1.165) is 66.6 Å². The molecule has 12 rings (SSSR count). The largest absolute Gasteiger partial charge is 0.491 e. The summed E-state index contributed by atoms with van der Waals surface area (Å²) in [4.78, 5) is 18.5. The summed E-state index contributed by atoms with van der Waals surface area (Å²) in [6, 6.07) is 41.2. The average Bonchev–Trinajstić information content (AvgIpc) is 1.61. The molecule has 4 aromatic carbocycles. The molecule has 14 N–H and O–H groups in total. The predicted octanol–water partition coefficient (Wildman–Crippen LogP) is 2.96. The maximum absolute atomic E-state index is 10.3. The van der Waals surface area contributed by atoms with Gasteiger partial charge in [-0.05, 0) is 107 Å². The second-order valence-corrected chi connectivity index (χ2v) is 24.5. The maximum atomic E-state index is 10.3. The van der Waals surface area contributed by atoms with Crippen molar-refractivity contribution in [2.24, 2.45) is 0 Å². The topological polar surface area (TPSA) is 411 Å². The highest BCUT2D eigenvalue weighted by molar-refractivity contribution is 6.00. The Balaban J connectivity index is 0.817. The number of aliphatic hydroxyl groups excluding tert-OH is 12. The molecular formula is C74H84N4O24. The molecule has 8 heterocycles. The first-order valence-electron chi connectivity index (χ1n) is 33.6. The van der Waals surface area contributed by atoms with Gasteiger partial charge in [0.1, 0.15) is 110 Å². The molecular weight excluding hydrogens is 1330 g/mol. The molecule has 28 nitrogen and oxygen atoms in total. The van der Waals surface area contributed by atoms with E-state index in [2.05, 4.69) is 34.2 Å². The van der Waals surface area contributed by atoms with Crippen LogP contribution in [-0.4, -0.2) is 272 Å². The molecule has 5 aliphatic rings. The van der Waals surface area contributed by atoms with Crippen LogP contribution in [0.1, 0.15) is 22.8 Å². The Morgan fingerprint density at radius 1 is 0.294 bits per heavy atom. The van der Waals surface area contributed by atoms with E-state index in [1.54, 1.807) is 0 Å². The molecule has 8 bridgehead atoms. The third-order valence-electron chi connectivity index (χ3n) is 17.8. The Kier molecular flexibility index (Phi) is 25.3. The molecule has 0 unspecified atom stereocenters. The lowest BCUT2D eigenvalue weighted by Crippen LogP contribution is -2.59. The van der Waals surface area contributed by atoms with Crippen LogP contribution in [0.2, 0.25) is 0 Å². The van der Waals surface area contributed by atoms with Gasteiger partial charge in [-0.1, -0.05) is 66.7 Å². The highest BCUT2D eigenvalue weighted by Gasteiger charge is 2.46. The van der Waals surface area contributed by atoms with Crippen molar-refractivity contribution in [3.63, 3.8) is 0 Å². The minimum absolute atomic E-state index is 0.00754. The summed E-state index contributed by atoms with van der Waals surface area (Å²) in [6.07, 6.45) is -12.9. The molecule has 544 valence electrons. The number of ether oxygens (including phenoxy) is 12. The smallest absolute Gasteiger partial charge is 0.186 e. The number of nitrogens with zero attached hydrogens (tertiary/aromatic N) is 2. The number of H-pyrrole nitrogens is 2. The molecule has 102 heavy (non-hydrogen) atoms. The first kappa shape index (κ1) is 73.8. The van der Waals surface area contributed by atoms with Gasteiger partial charge in [0, 0.05) is 44.3 Å². The van der Waals surface area contributed by atoms with Gasteiger partial charge >= 0.3 is 0 Å². The van der Waals surface area contributed by atoms with Gasteiger partial charge in [-0.15, -0.1) is 0 Å². The zero-order valence-electron chi connectivity index (χ0n) is 55.4. The molecule has 3 aromatic heterocycles. The third kappa shape index (κ3) is 17.3. The molecule has 5 aliphatic heterocycles. The molecule has 3 fully saturated rings. The summed E-state index contributed by atoms with van der Waals surface area (Å²) in [5.74, 6) is 1.72. The van der Waals surface area contributed by atoms with Gasteiger partial charge in [-0.3, -0.25) is 0 Å². The van der Waals surface area contributed by atoms with E-state index in [1.807, 2.05) is 127 Å². The summed E-state index contributed by atoms with van der Waals surface area (Å²) < 4.78 is 68.4. The van der Waals surface area contributed by atoms with E-state index >= 15 is 0 Å². The van der Waals surface area contributed by atoms with Crippen molar-refractivity contribution in [1.82, 2.24) is 19.9 Å². The molecule has 0 aliphatic carbocycles. The normalized spacial score (nSPS) is 25.6. The van der Waals surface area contributed by atoms with Crippen LogP contribution in [0.3, 0.4) is 0 Å². The fourth-order valence-electron chi connectivity index (χ4n) is 12.4. The van der Waals surface area contributed by atoms with Crippen molar-refractivity contribution in [3.8, 4) is 61.8 Å². The summed E-state index contributed by atoms with van der Waals surface area (Å²) in [5.41, 5.74) is 12.4. The summed E-state index contributed by atoms with van der Waals surface area (Å²) in [6.45, 7) is -0.336. The second-order valence-electron chi connectivity index (χ2n) is 24.5. The number of hydrogen-bond donors (Lipinski definition) is 14. The number of aromatic amines is 2. The van der Waals surface area contributed by atoms with Gasteiger partial charge in [0.25, 0.3) is 0 Å². The van der Waals surface area contributed by atoms with Crippen LogP contribution in [-0.2, 0) is 42.6 Å². The lowest BCUT2D eigenvalue weighted by atomic mass is 9.99. The van der Waals surface area contributed by atoms with Crippen LogP contribution < -0.4 is 14.2 Å². The van der Waals surface area contributed by atoms with Gasteiger partial charge < -0.3 is 128 Å². The molecule has 3 saturated heterocycles. The lowest BCUT2D eigenvalue weighted by molar-refractivity contribution is -0.302. The first-order chi connectivity index (χ1) is 49.7. The average molecular weight is 1410 g/mol. The van der Waals surface area contributed by atoms with Crippen molar-refractivity contribution in [2.75, 3.05) is 99.1 Å². The van der Waals surface area contributed by atoms with Crippen molar-refractivity contribution in [1.29, 1.82) is 0 Å². The van der Waals surface area contributed by atoms with Gasteiger partial charge in [-0.25, -0.2) is 9.97 Å². The summed E-state index contributed by atoms with van der Waals surface area (Å²) in [7, 11) is 0. The van der Waals surface area contributed by atoms with Gasteiger partial charge in [-0.2, -0.15) is 0 Å². The van der Waals surface area contributed by atoms with Crippen LogP contribution in [0.4, 0.5) is 0 Å². The Morgan fingerprint density at radius 3 is 0.902 bits per heavy atom. The van der Waals surface area contributed by atoms with Crippen molar-refractivity contribution < 1.29 is 118 Å². The third-order valence-corrected chi connectivity index (χ3v) is 17.8. The molecule has 15 atom stereocenters. The number of nitrogens with one attached hydrogen (secondary N) is 2. The van der Waals surface area contributed by atoms with Crippen molar-refractivity contribution >= 4 is 46.4 Å². The Labute approximate surface area is 585 Å². The fraction of sp³-hybridized carbons (Fsp3) is 0.405. The van der Waals surface area contributed by atoms with E-state index in [9.17, 15) is 61.3 Å². The van der Waals surface area contributed by atoms with Crippen molar-refractivity contribution in [3.05, 3.63) is 150 Å². The Hall–Kier alpha value is -7.96. The number of rotatable bonds is 31. The van der Waals surface area contributed by atoms with Gasteiger partial charge in [0.05, 0.1) is 102 Å². The molecule has 28 heteroatoms. The van der Waals surface area contributed by atoms with Gasteiger partial charge in [0.2, 0.25) is 0 Å². The Bertz CT molecular complexity index is 3890. The van der Waals surface area contributed by atoms with Crippen LogP contribution >= 0.6 is 0 Å². The fourth-order valence-corrected chi connectivity index (χ4v) is 12.4. The van der Waals surface area contributed by atoms with E-state index < -0.39 is 112 Å². The van der Waals surface area contributed by atoms with Crippen LogP contribution in [0.25, 0.3) is 90.9 Å². The van der Waals surface area contributed by atoms with E-state index in [-0.39, 0.29) is 79.3 Å². The SMILES string of the molecule is OC[C@H]1O[C@H](OCCOCCOc2ccc(-c3c4nc(c(-c5ccc(OCCOCCO[C@H]6O[C@H](CO)[C@H](O)[C@@H](O)[C@H]6O)cc5)c5ccc([nH]5)c(-c5ccccc5)c5ccc([nH]5)c(-c5ccc(OCCOCCO[C@H]6O[C@H](CO)[C@H](O)[C@@H](O)[C@H]6O)cc5)c5nc3C=C5)C=C4)cc2)[C@H](O)[C@H](O)[C@H]1O. The zero-order valence-corrected chi connectivity index (χ0v) is 55.4. The van der Waals surface area contributed by atoms with Crippen LogP contribution in [0.15, 0.2) is 127 Å². The minimum Gasteiger partial charge on any atom is -0.491 e. The molecule has 0 saturated carbocycles. The quantitative estimate of drug-likeness (QED) is 0.0278. The monoisotopic (exact) mass is 1410 g/mol. The molecule has 0 spiro atoms. The summed E-state index contributed by atoms with van der Waals surface area (Å²) >= 11 is 0. The molecule has 7 aromatic rings. The van der Waals surface area contributed by atoms with Gasteiger partial charge in [0.15, 0.2) is 18.9 Å². The number of aromatic nitrogens is 4. The lowest BCUT2D eigenvalue weighted by Gasteiger charge is -2.39. The van der Waals surface area contributed by atoms with Crippen LogP contribution in [0.5, 0.6) is 17.2 Å². The standard InChI is InChI=1S/C74H84N4O24/c79-38-56-63(82)66(85)69(88)72(100-56)97-35-29-91-26-32-94-45-12-6-42(7-13-45)60-50-20-18-48(75-50)59(41-4-2-1-3-5-41)49-19-21-51(76-49)61(43-8-14-46(15-9-43)95-33-27-92-30-36-98-73-70(89)67(86)64(83)57(39-80)101-73)53-23-25-55(78-53)62(54-24-22-52(60)77-54)44-10-16-47(17-11-44)96-34-28-93-31-37-99-74-71(90)68(87)65(84)58(40-81)102-74/h1-25,56-58,63-76,79-90H,26-40H2/t56-,57-,58-,63+,64+,65+,66-,67-,68-,69-,70-,71-,72+,73+,74+/m1/s1. The van der Waals surface area contributed by atoms with E-state index in [1.165, 1.54) is 0 Å². The molecule has 0 amide bonds. The minimum atomic E-state index is -1.56. The Morgan fingerprint density at radius 2 is 0.578 bits per heavy atom. The van der Waals surface area contributed by atoms with Crippen molar-refractivity contribution in [2.45, 2.75) is 92.1 Å². The maximum Gasteiger partial charge on any atom is 0.186 e. The zero-order chi connectivity index (χ0) is 71.2. The predicted molar refractivity (Wildman–Crippen MR) is 369 cm³/mol. The highest BCUT2D eigenvalue weighted by Crippen LogP contribution is 2.40. The van der Waals surface area contributed by atoms with E-state index in [0.29, 0.717) is 40.0 Å².